The first-order valence-electron chi connectivity index (χ1n) is 8.07. The van der Waals surface area contributed by atoms with Crippen LogP contribution in [0.3, 0.4) is 0 Å². The SMILES string of the molecule is CN(CC1CC1)C(=O)CN1CCNCC1c1cccc(F)c1. The lowest BCUT2D eigenvalue weighted by atomic mass is 10.0. The molecular weight excluding hydrogens is 281 g/mol. The zero-order chi connectivity index (χ0) is 15.5. The van der Waals surface area contributed by atoms with Crippen LogP contribution in [0.25, 0.3) is 0 Å². The Labute approximate surface area is 131 Å². The van der Waals surface area contributed by atoms with Crippen LogP contribution in [0.2, 0.25) is 0 Å². The van der Waals surface area contributed by atoms with Crippen molar-refractivity contribution in [3.63, 3.8) is 0 Å². The van der Waals surface area contributed by atoms with Crippen molar-refractivity contribution < 1.29 is 9.18 Å². The van der Waals surface area contributed by atoms with Gasteiger partial charge >= 0.3 is 0 Å². The molecule has 1 aliphatic carbocycles. The van der Waals surface area contributed by atoms with Gasteiger partial charge in [0.05, 0.1) is 6.54 Å². The van der Waals surface area contributed by atoms with Crippen molar-refractivity contribution in [3.05, 3.63) is 35.6 Å². The summed E-state index contributed by atoms with van der Waals surface area (Å²) in [7, 11) is 1.89. The molecule has 0 bridgehead atoms. The minimum Gasteiger partial charge on any atom is -0.344 e. The zero-order valence-electron chi connectivity index (χ0n) is 13.1. The molecule has 5 heteroatoms. The highest BCUT2D eigenvalue weighted by molar-refractivity contribution is 5.78. The molecule has 0 spiro atoms. The number of rotatable bonds is 5. The molecule has 4 nitrogen and oxygen atoms in total. The van der Waals surface area contributed by atoms with Crippen molar-refractivity contribution in [3.8, 4) is 0 Å². The first-order chi connectivity index (χ1) is 10.6. The number of nitrogens with one attached hydrogen (secondary N) is 1. The molecule has 0 radical (unpaired) electrons. The fourth-order valence-corrected chi connectivity index (χ4v) is 3.06. The van der Waals surface area contributed by atoms with Gasteiger partial charge in [-0.25, -0.2) is 4.39 Å². The van der Waals surface area contributed by atoms with Crippen molar-refractivity contribution in [2.24, 2.45) is 5.92 Å². The smallest absolute Gasteiger partial charge is 0.236 e. The van der Waals surface area contributed by atoms with E-state index in [0.29, 0.717) is 12.5 Å². The molecule has 1 aromatic rings. The summed E-state index contributed by atoms with van der Waals surface area (Å²) in [6.07, 6.45) is 2.49. The topological polar surface area (TPSA) is 35.6 Å². The highest BCUT2D eigenvalue weighted by Crippen LogP contribution is 2.29. The van der Waals surface area contributed by atoms with Crippen LogP contribution in [-0.2, 0) is 4.79 Å². The van der Waals surface area contributed by atoms with Gasteiger partial charge < -0.3 is 10.2 Å². The van der Waals surface area contributed by atoms with Gasteiger partial charge in [-0.05, 0) is 36.5 Å². The Morgan fingerprint density at radius 3 is 3.00 bits per heavy atom. The first kappa shape index (κ1) is 15.4. The molecular formula is C17H24FN3O. The monoisotopic (exact) mass is 305 g/mol. The van der Waals surface area contributed by atoms with Gasteiger partial charge in [0.2, 0.25) is 5.91 Å². The van der Waals surface area contributed by atoms with Crippen LogP contribution < -0.4 is 5.32 Å². The van der Waals surface area contributed by atoms with E-state index in [0.717, 1.165) is 31.7 Å². The van der Waals surface area contributed by atoms with E-state index in [1.807, 2.05) is 18.0 Å². The van der Waals surface area contributed by atoms with E-state index in [1.54, 1.807) is 12.1 Å². The van der Waals surface area contributed by atoms with Crippen molar-refractivity contribution >= 4 is 5.91 Å². The molecule has 0 aromatic heterocycles. The molecule has 1 aromatic carbocycles. The maximum atomic E-state index is 13.5. The molecule has 1 unspecified atom stereocenters. The fraction of sp³-hybridized carbons (Fsp3) is 0.588. The summed E-state index contributed by atoms with van der Waals surface area (Å²) in [5.74, 6) is 0.645. The predicted molar refractivity (Wildman–Crippen MR) is 83.9 cm³/mol. The van der Waals surface area contributed by atoms with Gasteiger partial charge in [0.25, 0.3) is 0 Å². The van der Waals surface area contributed by atoms with Crippen LogP contribution in [0, 0.1) is 11.7 Å². The van der Waals surface area contributed by atoms with E-state index in [1.165, 1.54) is 18.9 Å². The maximum absolute atomic E-state index is 13.5. The Morgan fingerprint density at radius 2 is 2.27 bits per heavy atom. The molecule has 1 atom stereocenters. The number of likely N-dealkylation sites (N-methyl/N-ethyl adjacent to an activating group) is 1. The van der Waals surface area contributed by atoms with Crippen LogP contribution in [0.1, 0.15) is 24.4 Å². The molecule has 120 valence electrons. The van der Waals surface area contributed by atoms with Crippen LogP contribution in [0.4, 0.5) is 4.39 Å². The highest BCUT2D eigenvalue weighted by Gasteiger charge is 2.29. The predicted octanol–water partition coefficient (Wildman–Crippen LogP) is 1.64. The van der Waals surface area contributed by atoms with Gasteiger partial charge in [-0.1, -0.05) is 12.1 Å². The number of benzene rings is 1. The van der Waals surface area contributed by atoms with Gasteiger partial charge in [-0.2, -0.15) is 0 Å². The second-order valence-corrected chi connectivity index (χ2v) is 6.46. The van der Waals surface area contributed by atoms with E-state index in [4.69, 9.17) is 0 Å². The van der Waals surface area contributed by atoms with Crippen LogP contribution in [0.15, 0.2) is 24.3 Å². The van der Waals surface area contributed by atoms with Gasteiger partial charge in [-0.15, -0.1) is 0 Å². The summed E-state index contributed by atoms with van der Waals surface area (Å²) >= 11 is 0. The Kier molecular flexibility index (Phi) is 4.74. The number of piperazine rings is 1. The third-order valence-electron chi connectivity index (χ3n) is 4.58. The van der Waals surface area contributed by atoms with Gasteiger partial charge in [0, 0.05) is 39.3 Å². The van der Waals surface area contributed by atoms with E-state index in [2.05, 4.69) is 10.2 Å². The minimum absolute atomic E-state index is 0.0581. The second kappa shape index (κ2) is 6.75. The Morgan fingerprint density at radius 1 is 1.45 bits per heavy atom. The quantitative estimate of drug-likeness (QED) is 0.898. The lowest BCUT2D eigenvalue weighted by Gasteiger charge is -2.36. The van der Waals surface area contributed by atoms with Crippen molar-refractivity contribution in [1.29, 1.82) is 0 Å². The zero-order valence-corrected chi connectivity index (χ0v) is 13.1. The van der Waals surface area contributed by atoms with E-state index in [-0.39, 0.29) is 17.8 Å². The summed E-state index contributed by atoms with van der Waals surface area (Å²) < 4.78 is 13.5. The van der Waals surface area contributed by atoms with Gasteiger partial charge in [0.15, 0.2) is 0 Å². The standard InChI is InChI=1S/C17H24FN3O/c1-20(11-13-5-6-13)17(22)12-21-8-7-19-10-16(21)14-3-2-4-15(18)9-14/h2-4,9,13,16,19H,5-8,10-12H2,1H3. The lowest BCUT2D eigenvalue weighted by Crippen LogP contribution is -2.49. The summed E-state index contributed by atoms with van der Waals surface area (Å²) in [6.45, 7) is 3.71. The van der Waals surface area contributed by atoms with Crippen LogP contribution in [0.5, 0.6) is 0 Å². The number of hydrogen-bond donors (Lipinski definition) is 1. The molecule has 1 amide bonds. The number of carbonyl (C=O) groups excluding carboxylic acids is 1. The van der Waals surface area contributed by atoms with E-state index < -0.39 is 0 Å². The molecule has 22 heavy (non-hydrogen) atoms. The van der Waals surface area contributed by atoms with Gasteiger partial charge in [-0.3, -0.25) is 9.69 Å². The van der Waals surface area contributed by atoms with Crippen LogP contribution in [-0.4, -0.2) is 55.5 Å². The normalized spacial score (nSPS) is 22.5. The van der Waals surface area contributed by atoms with Crippen molar-refractivity contribution in [2.75, 3.05) is 39.8 Å². The summed E-state index contributed by atoms with van der Waals surface area (Å²) in [4.78, 5) is 16.4. The fourth-order valence-electron chi connectivity index (χ4n) is 3.06. The van der Waals surface area contributed by atoms with Crippen molar-refractivity contribution in [2.45, 2.75) is 18.9 Å². The summed E-state index contributed by atoms with van der Waals surface area (Å²) in [5, 5.41) is 3.34. The molecule has 1 N–H and O–H groups in total. The maximum Gasteiger partial charge on any atom is 0.236 e. The Hall–Kier alpha value is -1.46. The summed E-state index contributed by atoms with van der Waals surface area (Å²) in [5.41, 5.74) is 0.935. The molecule has 1 saturated heterocycles. The number of hydrogen-bond acceptors (Lipinski definition) is 3. The highest BCUT2D eigenvalue weighted by atomic mass is 19.1. The first-order valence-corrected chi connectivity index (χ1v) is 8.07. The third-order valence-corrected chi connectivity index (χ3v) is 4.58. The van der Waals surface area contributed by atoms with Crippen LogP contribution >= 0.6 is 0 Å². The second-order valence-electron chi connectivity index (χ2n) is 6.46. The minimum atomic E-state index is -0.222. The number of amides is 1. The molecule has 1 aliphatic heterocycles. The number of nitrogens with zero attached hydrogens (tertiary/aromatic N) is 2. The molecule has 1 saturated carbocycles. The van der Waals surface area contributed by atoms with E-state index in [9.17, 15) is 9.18 Å². The molecule has 2 fully saturated rings. The van der Waals surface area contributed by atoms with Gasteiger partial charge in [0.1, 0.15) is 5.82 Å². The van der Waals surface area contributed by atoms with Crippen molar-refractivity contribution in [1.82, 2.24) is 15.1 Å². The molecule has 3 rings (SSSR count). The average Bonchev–Trinajstić information content (AvgIpc) is 3.31. The number of halogens is 1. The largest absolute Gasteiger partial charge is 0.344 e. The third kappa shape index (κ3) is 3.84. The lowest BCUT2D eigenvalue weighted by molar-refractivity contribution is -0.132. The molecule has 1 heterocycles. The summed E-state index contributed by atoms with van der Waals surface area (Å²) in [6, 6.07) is 6.76. The Bertz CT molecular complexity index is 532. The van der Waals surface area contributed by atoms with E-state index >= 15 is 0 Å². The number of carbonyl (C=O) groups is 1. The molecule has 2 aliphatic rings. The average molecular weight is 305 g/mol. The Balaban J connectivity index is 1.65.